The largest absolute Gasteiger partial charge is 0.476 e. The van der Waals surface area contributed by atoms with Crippen LogP contribution in [0.3, 0.4) is 0 Å². The molecule has 0 atom stereocenters. The molecule has 1 aliphatic rings. The molecular weight excluding hydrogens is 294 g/mol. The van der Waals surface area contributed by atoms with Crippen LogP contribution in [-0.4, -0.2) is 32.3 Å². The summed E-state index contributed by atoms with van der Waals surface area (Å²) in [7, 11) is 1.81. The summed E-state index contributed by atoms with van der Waals surface area (Å²) in [6, 6.07) is 8.12. The summed E-state index contributed by atoms with van der Waals surface area (Å²) in [5.41, 5.74) is 4.12. The van der Waals surface area contributed by atoms with Gasteiger partial charge in [0.2, 0.25) is 0 Å². The molecule has 6 heteroatoms. The van der Waals surface area contributed by atoms with Crippen molar-refractivity contribution in [1.29, 1.82) is 0 Å². The number of hydrogen-bond acceptors (Lipinski definition) is 4. The first kappa shape index (κ1) is 14.0. The van der Waals surface area contributed by atoms with E-state index in [1.165, 1.54) is 0 Å². The molecule has 0 saturated carbocycles. The number of fused-ring (bicyclic) bond motifs is 2. The predicted octanol–water partition coefficient (Wildman–Crippen LogP) is 2.42. The van der Waals surface area contributed by atoms with E-state index < -0.39 is 5.97 Å². The summed E-state index contributed by atoms with van der Waals surface area (Å²) in [5, 5.41) is 14.5. The molecule has 3 heterocycles. The van der Waals surface area contributed by atoms with Gasteiger partial charge in [-0.3, -0.25) is 9.58 Å². The molecule has 2 aromatic heterocycles. The third kappa shape index (κ3) is 2.31. The zero-order valence-electron chi connectivity index (χ0n) is 12.8. The lowest BCUT2D eigenvalue weighted by Crippen LogP contribution is -2.31. The third-order valence-electron chi connectivity index (χ3n) is 4.48. The summed E-state index contributed by atoms with van der Waals surface area (Å²) in [6.45, 7) is 2.29. The number of furan rings is 1. The number of carbonyl (C=O) groups is 1. The van der Waals surface area contributed by atoms with E-state index in [0.29, 0.717) is 13.0 Å². The van der Waals surface area contributed by atoms with Gasteiger partial charge in [0, 0.05) is 43.2 Å². The molecule has 118 valence electrons. The molecule has 0 fully saturated rings. The number of rotatable bonds is 3. The summed E-state index contributed by atoms with van der Waals surface area (Å²) >= 11 is 0. The monoisotopic (exact) mass is 311 g/mol. The van der Waals surface area contributed by atoms with Crippen LogP contribution in [0.1, 0.15) is 27.3 Å². The molecule has 4 rings (SSSR count). The van der Waals surface area contributed by atoms with Gasteiger partial charge in [0.05, 0.1) is 12.0 Å². The second kappa shape index (κ2) is 5.24. The number of carboxylic acid groups (broad SMARTS) is 1. The van der Waals surface area contributed by atoms with Crippen LogP contribution in [0.15, 0.2) is 34.9 Å². The Morgan fingerprint density at radius 1 is 1.39 bits per heavy atom. The molecule has 1 aliphatic heterocycles. The fourth-order valence-corrected chi connectivity index (χ4v) is 3.35. The average molecular weight is 311 g/mol. The van der Waals surface area contributed by atoms with E-state index in [9.17, 15) is 9.90 Å². The van der Waals surface area contributed by atoms with Crippen molar-refractivity contribution in [2.75, 3.05) is 6.54 Å². The smallest absolute Gasteiger partial charge is 0.356 e. The highest BCUT2D eigenvalue weighted by molar-refractivity contribution is 5.87. The van der Waals surface area contributed by atoms with Gasteiger partial charge in [-0.1, -0.05) is 18.2 Å². The van der Waals surface area contributed by atoms with Crippen LogP contribution >= 0.6 is 0 Å². The summed E-state index contributed by atoms with van der Waals surface area (Å²) in [6.07, 6.45) is 2.42. The van der Waals surface area contributed by atoms with Crippen molar-refractivity contribution < 1.29 is 14.3 Å². The summed E-state index contributed by atoms with van der Waals surface area (Å²) in [5.74, 6) is -0.948. The van der Waals surface area contributed by atoms with Crippen molar-refractivity contribution in [1.82, 2.24) is 14.7 Å². The highest BCUT2D eigenvalue weighted by Gasteiger charge is 2.27. The van der Waals surface area contributed by atoms with Crippen molar-refractivity contribution in [3.63, 3.8) is 0 Å². The Bertz CT molecular complexity index is 894. The Morgan fingerprint density at radius 3 is 3.09 bits per heavy atom. The molecule has 1 aromatic carbocycles. The lowest BCUT2D eigenvalue weighted by Gasteiger charge is -2.27. The minimum atomic E-state index is -0.948. The summed E-state index contributed by atoms with van der Waals surface area (Å²) < 4.78 is 7.29. The number of hydrogen-bond donors (Lipinski definition) is 1. The van der Waals surface area contributed by atoms with E-state index in [-0.39, 0.29) is 5.69 Å². The third-order valence-corrected chi connectivity index (χ3v) is 4.48. The molecule has 0 aliphatic carbocycles. The Kier molecular flexibility index (Phi) is 3.20. The lowest BCUT2D eigenvalue weighted by atomic mass is 10.0. The van der Waals surface area contributed by atoms with E-state index >= 15 is 0 Å². The molecule has 0 amide bonds. The lowest BCUT2D eigenvalue weighted by molar-refractivity contribution is 0.0688. The predicted molar refractivity (Wildman–Crippen MR) is 84.2 cm³/mol. The van der Waals surface area contributed by atoms with E-state index in [2.05, 4.69) is 16.1 Å². The van der Waals surface area contributed by atoms with E-state index in [1.54, 1.807) is 10.9 Å². The first-order valence-electron chi connectivity index (χ1n) is 7.59. The van der Waals surface area contributed by atoms with Crippen LogP contribution in [0, 0.1) is 0 Å². The normalized spacial score (nSPS) is 15.0. The molecule has 0 radical (unpaired) electrons. The zero-order chi connectivity index (χ0) is 16.0. The Balaban J connectivity index is 1.61. The van der Waals surface area contributed by atoms with Gasteiger partial charge in [-0.2, -0.15) is 5.10 Å². The number of nitrogens with zero attached hydrogens (tertiary/aromatic N) is 3. The molecular formula is C17H17N3O3. The number of para-hydroxylation sites is 1. The van der Waals surface area contributed by atoms with Gasteiger partial charge in [-0.05, 0) is 12.5 Å². The van der Waals surface area contributed by atoms with Crippen molar-refractivity contribution >= 4 is 16.9 Å². The van der Waals surface area contributed by atoms with E-state index in [0.717, 1.165) is 40.9 Å². The maximum Gasteiger partial charge on any atom is 0.356 e. The number of benzene rings is 1. The van der Waals surface area contributed by atoms with Gasteiger partial charge in [0.1, 0.15) is 5.58 Å². The van der Waals surface area contributed by atoms with Crippen molar-refractivity contribution in [2.24, 2.45) is 7.05 Å². The molecule has 1 N–H and O–H groups in total. The molecule has 0 saturated heterocycles. The van der Waals surface area contributed by atoms with Gasteiger partial charge >= 0.3 is 5.97 Å². The number of aromatic nitrogens is 2. The highest BCUT2D eigenvalue weighted by Crippen LogP contribution is 2.26. The minimum absolute atomic E-state index is 0.190. The Hall–Kier alpha value is -2.60. The van der Waals surface area contributed by atoms with E-state index in [4.69, 9.17) is 4.42 Å². The SMILES string of the molecule is Cn1nc(C(=O)O)c2c1CN(Cc1cccc3ccoc13)CC2. The first-order valence-corrected chi connectivity index (χ1v) is 7.59. The fourth-order valence-electron chi connectivity index (χ4n) is 3.35. The maximum atomic E-state index is 11.3. The Labute approximate surface area is 132 Å². The van der Waals surface area contributed by atoms with Crippen LogP contribution in [-0.2, 0) is 26.6 Å². The van der Waals surface area contributed by atoms with Gasteiger partial charge in [-0.15, -0.1) is 0 Å². The van der Waals surface area contributed by atoms with E-state index in [1.807, 2.05) is 25.2 Å². The van der Waals surface area contributed by atoms with Crippen LogP contribution < -0.4 is 0 Å². The maximum absolute atomic E-state index is 11.3. The van der Waals surface area contributed by atoms with Gasteiger partial charge in [-0.25, -0.2) is 4.79 Å². The quantitative estimate of drug-likeness (QED) is 0.804. The summed E-state index contributed by atoms with van der Waals surface area (Å²) in [4.78, 5) is 13.6. The Morgan fingerprint density at radius 2 is 2.26 bits per heavy atom. The second-order valence-electron chi connectivity index (χ2n) is 5.92. The average Bonchev–Trinajstić information content (AvgIpc) is 3.13. The van der Waals surface area contributed by atoms with Crippen LogP contribution in [0.25, 0.3) is 11.0 Å². The molecule has 0 spiro atoms. The second-order valence-corrected chi connectivity index (χ2v) is 5.92. The van der Waals surface area contributed by atoms with Gasteiger partial charge < -0.3 is 9.52 Å². The van der Waals surface area contributed by atoms with Crippen molar-refractivity contribution in [3.05, 3.63) is 53.0 Å². The number of aryl methyl sites for hydroxylation is 1. The number of aromatic carboxylic acids is 1. The topological polar surface area (TPSA) is 71.5 Å². The van der Waals surface area contributed by atoms with Crippen molar-refractivity contribution in [3.8, 4) is 0 Å². The van der Waals surface area contributed by atoms with Crippen LogP contribution in [0.5, 0.6) is 0 Å². The number of carboxylic acids is 1. The molecule has 0 bridgehead atoms. The molecule has 0 unspecified atom stereocenters. The fraction of sp³-hybridized carbons (Fsp3) is 0.294. The minimum Gasteiger partial charge on any atom is -0.476 e. The molecule has 6 nitrogen and oxygen atoms in total. The first-order chi connectivity index (χ1) is 11.1. The standard InChI is InChI=1S/C17H17N3O3/c1-19-14-10-20(7-5-13(14)15(18-19)17(21)22)9-12-4-2-3-11-6-8-23-16(11)12/h2-4,6,8H,5,7,9-10H2,1H3,(H,21,22). The van der Waals surface area contributed by atoms with Gasteiger partial charge in [0.15, 0.2) is 5.69 Å². The zero-order valence-corrected chi connectivity index (χ0v) is 12.8. The van der Waals surface area contributed by atoms with Crippen LogP contribution in [0.4, 0.5) is 0 Å². The van der Waals surface area contributed by atoms with Crippen LogP contribution in [0.2, 0.25) is 0 Å². The molecule has 23 heavy (non-hydrogen) atoms. The molecule has 3 aromatic rings. The highest BCUT2D eigenvalue weighted by atomic mass is 16.4. The van der Waals surface area contributed by atoms with Gasteiger partial charge in [0.25, 0.3) is 0 Å². The van der Waals surface area contributed by atoms with Crippen molar-refractivity contribution in [2.45, 2.75) is 19.5 Å².